The second kappa shape index (κ2) is 4.00. The molecule has 0 fully saturated rings. The Morgan fingerprint density at radius 1 is 1.19 bits per heavy atom. The number of hydrogen-bond donors (Lipinski definition) is 1. The lowest BCUT2D eigenvalue weighted by Gasteiger charge is -2.03. The number of rotatable bonds is 2. The first-order chi connectivity index (χ1) is 7.59. The van der Waals surface area contributed by atoms with Gasteiger partial charge in [0, 0.05) is 12.2 Å². The molecule has 0 saturated heterocycles. The molecule has 2 aromatic rings. The maximum atomic E-state index is 9.83. The fourth-order valence-electron chi connectivity index (χ4n) is 1.71. The molecule has 3 heteroatoms. The normalized spacial score (nSPS) is 11.0. The van der Waals surface area contributed by atoms with Crippen LogP contribution >= 0.6 is 0 Å². The van der Waals surface area contributed by atoms with Gasteiger partial charge in [-0.2, -0.15) is 0 Å². The summed E-state index contributed by atoms with van der Waals surface area (Å²) in [5, 5.41) is 13.9. The summed E-state index contributed by atoms with van der Waals surface area (Å²) in [6.45, 7) is 6.10. The number of benzene rings is 1. The highest BCUT2D eigenvalue weighted by molar-refractivity contribution is 5.70. The third-order valence-corrected chi connectivity index (χ3v) is 2.68. The first kappa shape index (κ1) is 10.7. The van der Waals surface area contributed by atoms with Gasteiger partial charge in [-0.3, -0.25) is 4.68 Å². The van der Waals surface area contributed by atoms with Crippen molar-refractivity contribution < 1.29 is 5.11 Å². The predicted octanol–water partition coefficient (Wildman–Crippen LogP) is 3.15. The zero-order chi connectivity index (χ0) is 11.7. The van der Waals surface area contributed by atoms with Crippen LogP contribution in [-0.2, 0) is 0 Å². The van der Waals surface area contributed by atoms with E-state index in [1.165, 1.54) is 0 Å². The Labute approximate surface area is 95.3 Å². The maximum absolute atomic E-state index is 9.83. The van der Waals surface area contributed by atoms with Crippen molar-refractivity contribution in [3.8, 4) is 17.0 Å². The van der Waals surface area contributed by atoms with Crippen molar-refractivity contribution in [3.05, 3.63) is 36.0 Å². The SMILES string of the molecule is Cc1ccccc1-c1cn(C(C)C)nc1O. The smallest absolute Gasteiger partial charge is 0.238 e. The van der Waals surface area contributed by atoms with Crippen LogP contribution in [0.4, 0.5) is 0 Å². The number of aromatic hydroxyl groups is 1. The van der Waals surface area contributed by atoms with E-state index in [2.05, 4.69) is 5.10 Å². The quantitative estimate of drug-likeness (QED) is 0.837. The summed E-state index contributed by atoms with van der Waals surface area (Å²) < 4.78 is 1.77. The van der Waals surface area contributed by atoms with Crippen molar-refractivity contribution in [2.45, 2.75) is 26.8 Å². The first-order valence-electron chi connectivity index (χ1n) is 5.43. The van der Waals surface area contributed by atoms with E-state index in [1.807, 2.05) is 51.2 Å². The lowest BCUT2D eigenvalue weighted by Crippen LogP contribution is -1.99. The molecule has 1 aromatic carbocycles. The summed E-state index contributed by atoms with van der Waals surface area (Å²) in [5.41, 5.74) is 2.97. The average Bonchev–Trinajstić information content (AvgIpc) is 2.61. The van der Waals surface area contributed by atoms with Gasteiger partial charge in [0.05, 0.1) is 5.56 Å². The van der Waals surface area contributed by atoms with Crippen LogP contribution in [0.1, 0.15) is 25.5 Å². The Bertz CT molecular complexity index is 500. The maximum Gasteiger partial charge on any atom is 0.238 e. The molecule has 0 atom stereocenters. The summed E-state index contributed by atoms with van der Waals surface area (Å²) in [6, 6.07) is 8.24. The largest absolute Gasteiger partial charge is 0.492 e. The number of aromatic nitrogens is 2. The molecular weight excluding hydrogens is 200 g/mol. The average molecular weight is 216 g/mol. The van der Waals surface area contributed by atoms with E-state index in [-0.39, 0.29) is 11.9 Å². The molecule has 16 heavy (non-hydrogen) atoms. The minimum Gasteiger partial charge on any atom is -0.492 e. The van der Waals surface area contributed by atoms with Gasteiger partial charge in [0.25, 0.3) is 0 Å². The van der Waals surface area contributed by atoms with Gasteiger partial charge in [0.2, 0.25) is 5.88 Å². The van der Waals surface area contributed by atoms with E-state index in [4.69, 9.17) is 0 Å². The molecule has 0 aliphatic rings. The summed E-state index contributed by atoms with van der Waals surface area (Å²) >= 11 is 0. The molecule has 0 unspecified atom stereocenters. The van der Waals surface area contributed by atoms with Crippen LogP contribution in [0.5, 0.6) is 5.88 Å². The third-order valence-electron chi connectivity index (χ3n) is 2.68. The number of aryl methyl sites for hydroxylation is 1. The lowest BCUT2D eigenvalue weighted by molar-refractivity contribution is 0.427. The van der Waals surface area contributed by atoms with Crippen LogP contribution in [0.15, 0.2) is 30.5 Å². The highest BCUT2D eigenvalue weighted by atomic mass is 16.3. The van der Waals surface area contributed by atoms with Gasteiger partial charge >= 0.3 is 0 Å². The van der Waals surface area contributed by atoms with E-state index in [9.17, 15) is 5.11 Å². The van der Waals surface area contributed by atoms with Crippen molar-refractivity contribution in [2.75, 3.05) is 0 Å². The van der Waals surface area contributed by atoms with Gasteiger partial charge in [-0.1, -0.05) is 24.3 Å². The molecule has 1 aromatic heterocycles. The van der Waals surface area contributed by atoms with Crippen molar-refractivity contribution in [2.24, 2.45) is 0 Å². The fraction of sp³-hybridized carbons (Fsp3) is 0.308. The second-order valence-electron chi connectivity index (χ2n) is 4.26. The number of hydrogen-bond acceptors (Lipinski definition) is 2. The van der Waals surface area contributed by atoms with E-state index < -0.39 is 0 Å². The van der Waals surface area contributed by atoms with Gasteiger partial charge in [0.1, 0.15) is 0 Å². The predicted molar refractivity (Wildman–Crippen MR) is 64.4 cm³/mol. The number of nitrogens with zero attached hydrogens (tertiary/aromatic N) is 2. The van der Waals surface area contributed by atoms with Gasteiger partial charge in [-0.25, -0.2) is 0 Å². The summed E-state index contributed by atoms with van der Waals surface area (Å²) in [4.78, 5) is 0. The molecule has 1 heterocycles. The zero-order valence-corrected chi connectivity index (χ0v) is 9.81. The van der Waals surface area contributed by atoms with E-state index in [0.29, 0.717) is 0 Å². The Kier molecular flexibility index (Phi) is 2.69. The third kappa shape index (κ3) is 1.81. The molecule has 0 spiro atoms. The van der Waals surface area contributed by atoms with Crippen molar-refractivity contribution in [3.63, 3.8) is 0 Å². The van der Waals surface area contributed by atoms with Gasteiger partial charge in [0.15, 0.2) is 0 Å². The highest BCUT2D eigenvalue weighted by Gasteiger charge is 2.12. The Balaban J connectivity index is 2.52. The molecule has 0 saturated carbocycles. The summed E-state index contributed by atoms with van der Waals surface area (Å²) in [7, 11) is 0. The standard InChI is InChI=1S/C13H16N2O/c1-9(2)15-8-12(13(16)14-15)11-7-5-4-6-10(11)3/h4-9H,1-3H3,(H,14,16). The zero-order valence-electron chi connectivity index (χ0n) is 9.81. The minimum absolute atomic E-state index is 0.100. The summed E-state index contributed by atoms with van der Waals surface area (Å²) in [6.07, 6.45) is 1.89. The van der Waals surface area contributed by atoms with Crippen molar-refractivity contribution >= 4 is 0 Å². The molecule has 0 aliphatic carbocycles. The van der Waals surface area contributed by atoms with Crippen LogP contribution < -0.4 is 0 Å². The van der Waals surface area contributed by atoms with E-state index in [0.717, 1.165) is 16.7 Å². The summed E-state index contributed by atoms with van der Waals surface area (Å²) in [5.74, 6) is 0.100. The molecule has 84 valence electrons. The van der Waals surface area contributed by atoms with Crippen molar-refractivity contribution in [1.82, 2.24) is 9.78 Å². The molecular formula is C13H16N2O. The second-order valence-corrected chi connectivity index (χ2v) is 4.26. The van der Waals surface area contributed by atoms with E-state index in [1.54, 1.807) is 4.68 Å². The van der Waals surface area contributed by atoms with Crippen molar-refractivity contribution in [1.29, 1.82) is 0 Å². The molecule has 1 N–H and O–H groups in total. The minimum atomic E-state index is 0.100. The Morgan fingerprint density at radius 3 is 2.44 bits per heavy atom. The van der Waals surface area contributed by atoms with Crippen LogP contribution in [0.2, 0.25) is 0 Å². The lowest BCUT2D eigenvalue weighted by atomic mass is 10.0. The van der Waals surface area contributed by atoms with Gasteiger partial charge in [-0.05, 0) is 31.9 Å². The molecule has 0 amide bonds. The van der Waals surface area contributed by atoms with Crippen LogP contribution in [0, 0.1) is 6.92 Å². The van der Waals surface area contributed by atoms with Crippen LogP contribution in [-0.4, -0.2) is 14.9 Å². The molecule has 3 nitrogen and oxygen atoms in total. The molecule has 2 rings (SSSR count). The van der Waals surface area contributed by atoms with E-state index >= 15 is 0 Å². The molecule has 0 aliphatic heterocycles. The monoisotopic (exact) mass is 216 g/mol. The highest BCUT2D eigenvalue weighted by Crippen LogP contribution is 2.30. The Morgan fingerprint density at radius 2 is 1.88 bits per heavy atom. The molecule has 0 bridgehead atoms. The van der Waals surface area contributed by atoms with Crippen LogP contribution in [0.25, 0.3) is 11.1 Å². The first-order valence-corrected chi connectivity index (χ1v) is 5.43. The molecule has 0 radical (unpaired) electrons. The van der Waals surface area contributed by atoms with Gasteiger partial charge in [-0.15, -0.1) is 5.10 Å². The topological polar surface area (TPSA) is 38.0 Å². The van der Waals surface area contributed by atoms with Crippen LogP contribution in [0.3, 0.4) is 0 Å². The fourth-order valence-corrected chi connectivity index (χ4v) is 1.71. The van der Waals surface area contributed by atoms with Gasteiger partial charge < -0.3 is 5.11 Å². The Hall–Kier alpha value is -1.77.